The molecule has 2 aromatic carbocycles. The Labute approximate surface area is 152 Å². The standard InChI is InChI=1S/C19H13F2N3O3/c20-13-6-7-15(14(21)10-13)24-18(25)17-16(22-8-9-23-17)11-27-19(26)12-4-2-1-3-5-12/h1-10H,11H2,(H,24,25). The average molecular weight is 369 g/mol. The molecule has 1 amide bonds. The summed E-state index contributed by atoms with van der Waals surface area (Å²) in [6.07, 6.45) is 2.61. The molecule has 0 saturated carbocycles. The zero-order chi connectivity index (χ0) is 19.2. The lowest BCUT2D eigenvalue weighted by molar-refractivity contribution is 0.0465. The molecule has 0 radical (unpaired) electrons. The highest BCUT2D eigenvalue weighted by Crippen LogP contribution is 2.16. The molecule has 0 fully saturated rings. The molecule has 3 rings (SSSR count). The molecule has 0 aliphatic rings. The van der Waals surface area contributed by atoms with Crippen molar-refractivity contribution in [3.8, 4) is 0 Å². The zero-order valence-corrected chi connectivity index (χ0v) is 13.9. The lowest BCUT2D eigenvalue weighted by Crippen LogP contribution is -2.19. The second-order valence-electron chi connectivity index (χ2n) is 5.37. The topological polar surface area (TPSA) is 81.2 Å². The largest absolute Gasteiger partial charge is 0.455 e. The molecule has 0 spiro atoms. The predicted octanol–water partition coefficient (Wildman–Crippen LogP) is 3.36. The second kappa shape index (κ2) is 8.13. The predicted molar refractivity (Wildman–Crippen MR) is 91.9 cm³/mol. The number of hydrogen-bond acceptors (Lipinski definition) is 5. The number of carbonyl (C=O) groups is 2. The van der Waals surface area contributed by atoms with Crippen molar-refractivity contribution in [2.45, 2.75) is 6.61 Å². The Morgan fingerprint density at radius 1 is 1.00 bits per heavy atom. The van der Waals surface area contributed by atoms with Crippen LogP contribution in [0.2, 0.25) is 0 Å². The summed E-state index contributed by atoms with van der Waals surface area (Å²) in [7, 11) is 0. The van der Waals surface area contributed by atoms with Gasteiger partial charge in [0.2, 0.25) is 0 Å². The van der Waals surface area contributed by atoms with Crippen LogP contribution in [0.3, 0.4) is 0 Å². The van der Waals surface area contributed by atoms with Crippen LogP contribution in [0.25, 0.3) is 0 Å². The Hall–Kier alpha value is -3.68. The minimum Gasteiger partial charge on any atom is -0.455 e. The zero-order valence-electron chi connectivity index (χ0n) is 13.9. The van der Waals surface area contributed by atoms with Gasteiger partial charge in [-0.25, -0.2) is 18.6 Å². The van der Waals surface area contributed by atoms with E-state index in [1.165, 1.54) is 12.4 Å². The summed E-state index contributed by atoms with van der Waals surface area (Å²) in [5, 5.41) is 2.29. The van der Waals surface area contributed by atoms with Gasteiger partial charge >= 0.3 is 5.97 Å². The van der Waals surface area contributed by atoms with Gasteiger partial charge in [-0.3, -0.25) is 9.78 Å². The van der Waals surface area contributed by atoms with E-state index in [-0.39, 0.29) is 23.7 Å². The van der Waals surface area contributed by atoms with E-state index in [9.17, 15) is 18.4 Å². The molecule has 0 saturated heterocycles. The van der Waals surface area contributed by atoms with Crippen LogP contribution in [0.1, 0.15) is 26.5 Å². The van der Waals surface area contributed by atoms with Gasteiger partial charge in [-0.2, -0.15) is 0 Å². The first-order chi connectivity index (χ1) is 13.0. The molecule has 136 valence electrons. The van der Waals surface area contributed by atoms with Crippen molar-refractivity contribution in [3.05, 3.63) is 89.5 Å². The summed E-state index contributed by atoms with van der Waals surface area (Å²) in [5.41, 5.74) is 0.101. The minimum absolute atomic E-state index is 0.0989. The van der Waals surface area contributed by atoms with Crippen molar-refractivity contribution in [2.75, 3.05) is 5.32 Å². The monoisotopic (exact) mass is 369 g/mol. The van der Waals surface area contributed by atoms with Crippen LogP contribution in [0.5, 0.6) is 0 Å². The van der Waals surface area contributed by atoms with E-state index >= 15 is 0 Å². The van der Waals surface area contributed by atoms with Crippen LogP contribution in [0, 0.1) is 11.6 Å². The number of hydrogen-bond donors (Lipinski definition) is 1. The van der Waals surface area contributed by atoms with E-state index in [1.54, 1.807) is 30.3 Å². The fourth-order valence-corrected chi connectivity index (χ4v) is 2.23. The highest BCUT2D eigenvalue weighted by Gasteiger charge is 2.18. The Morgan fingerprint density at radius 3 is 2.48 bits per heavy atom. The summed E-state index contributed by atoms with van der Waals surface area (Å²) in [5.74, 6) is -3.04. The number of esters is 1. The number of rotatable bonds is 5. The smallest absolute Gasteiger partial charge is 0.338 e. The molecule has 0 bridgehead atoms. The second-order valence-corrected chi connectivity index (χ2v) is 5.37. The van der Waals surface area contributed by atoms with Gasteiger partial charge in [0.1, 0.15) is 23.9 Å². The van der Waals surface area contributed by atoms with Gasteiger partial charge in [-0.15, -0.1) is 0 Å². The molecular formula is C19H13F2N3O3. The first kappa shape index (κ1) is 18.1. The van der Waals surface area contributed by atoms with Crippen molar-refractivity contribution in [1.29, 1.82) is 0 Å². The highest BCUT2D eigenvalue weighted by atomic mass is 19.1. The van der Waals surface area contributed by atoms with Crippen LogP contribution >= 0.6 is 0 Å². The van der Waals surface area contributed by atoms with Gasteiger partial charge in [0, 0.05) is 18.5 Å². The van der Waals surface area contributed by atoms with Crippen LogP contribution in [0.15, 0.2) is 60.9 Å². The maximum atomic E-state index is 13.7. The van der Waals surface area contributed by atoms with E-state index in [4.69, 9.17) is 4.74 Å². The molecule has 1 heterocycles. The third-order valence-electron chi connectivity index (χ3n) is 3.52. The highest BCUT2D eigenvalue weighted by molar-refractivity contribution is 6.03. The van der Waals surface area contributed by atoms with Crippen LogP contribution in [-0.4, -0.2) is 21.8 Å². The molecule has 0 aliphatic carbocycles. The fourth-order valence-electron chi connectivity index (χ4n) is 2.23. The summed E-state index contributed by atoms with van der Waals surface area (Å²) in [6.45, 7) is -0.295. The van der Waals surface area contributed by atoms with Crippen LogP contribution in [-0.2, 0) is 11.3 Å². The van der Waals surface area contributed by atoms with Gasteiger partial charge in [0.15, 0.2) is 5.69 Å². The lowest BCUT2D eigenvalue weighted by Gasteiger charge is -2.10. The average Bonchev–Trinajstić information content (AvgIpc) is 2.69. The van der Waals surface area contributed by atoms with Crippen molar-refractivity contribution >= 4 is 17.6 Å². The first-order valence-corrected chi connectivity index (χ1v) is 7.83. The molecule has 8 heteroatoms. The molecular weight excluding hydrogens is 356 g/mol. The minimum atomic E-state index is -0.927. The number of nitrogens with one attached hydrogen (secondary N) is 1. The summed E-state index contributed by atoms with van der Waals surface area (Å²) < 4.78 is 31.8. The lowest BCUT2D eigenvalue weighted by atomic mass is 10.2. The van der Waals surface area contributed by atoms with Crippen molar-refractivity contribution in [3.63, 3.8) is 0 Å². The van der Waals surface area contributed by atoms with Gasteiger partial charge in [-0.05, 0) is 24.3 Å². The molecule has 1 aromatic heterocycles. The fraction of sp³-hybridized carbons (Fsp3) is 0.0526. The van der Waals surface area contributed by atoms with Gasteiger partial charge in [-0.1, -0.05) is 18.2 Å². The van der Waals surface area contributed by atoms with Gasteiger partial charge in [0.05, 0.1) is 11.3 Å². The molecule has 0 unspecified atom stereocenters. The summed E-state index contributed by atoms with van der Waals surface area (Å²) >= 11 is 0. The Morgan fingerprint density at radius 2 is 1.74 bits per heavy atom. The van der Waals surface area contributed by atoms with E-state index < -0.39 is 23.5 Å². The Kier molecular flexibility index (Phi) is 5.46. The third kappa shape index (κ3) is 4.49. The number of anilines is 1. The molecule has 6 nitrogen and oxygen atoms in total. The van der Waals surface area contributed by atoms with E-state index in [2.05, 4.69) is 15.3 Å². The molecule has 1 N–H and O–H groups in total. The number of halogens is 2. The number of ether oxygens (including phenoxy) is 1. The number of amides is 1. The summed E-state index contributed by atoms with van der Waals surface area (Å²) in [4.78, 5) is 32.3. The third-order valence-corrected chi connectivity index (χ3v) is 3.52. The normalized spacial score (nSPS) is 10.3. The molecule has 0 aliphatic heterocycles. The molecule has 27 heavy (non-hydrogen) atoms. The number of carbonyl (C=O) groups excluding carboxylic acids is 2. The Balaban J connectivity index is 1.73. The van der Waals surface area contributed by atoms with Crippen LogP contribution in [0.4, 0.5) is 14.5 Å². The number of benzene rings is 2. The first-order valence-electron chi connectivity index (χ1n) is 7.83. The Bertz CT molecular complexity index is 981. The van der Waals surface area contributed by atoms with Crippen LogP contribution < -0.4 is 5.32 Å². The maximum absolute atomic E-state index is 13.7. The van der Waals surface area contributed by atoms with E-state index in [0.29, 0.717) is 11.6 Å². The van der Waals surface area contributed by atoms with Crippen molar-refractivity contribution in [1.82, 2.24) is 9.97 Å². The molecule has 0 atom stereocenters. The van der Waals surface area contributed by atoms with Gasteiger partial charge < -0.3 is 10.1 Å². The molecule has 3 aromatic rings. The maximum Gasteiger partial charge on any atom is 0.338 e. The quantitative estimate of drug-likeness (QED) is 0.698. The number of aromatic nitrogens is 2. The SMILES string of the molecule is O=C(OCc1nccnc1C(=O)Nc1ccc(F)cc1F)c1ccccc1. The van der Waals surface area contributed by atoms with E-state index in [0.717, 1.165) is 12.1 Å². The van der Waals surface area contributed by atoms with E-state index in [1.807, 2.05) is 0 Å². The van der Waals surface area contributed by atoms with Crippen molar-refractivity contribution < 1.29 is 23.1 Å². The summed E-state index contributed by atoms with van der Waals surface area (Å²) in [6, 6.07) is 11.1. The van der Waals surface area contributed by atoms with Crippen molar-refractivity contribution in [2.24, 2.45) is 0 Å². The van der Waals surface area contributed by atoms with Gasteiger partial charge in [0.25, 0.3) is 5.91 Å². The number of nitrogens with zero attached hydrogens (tertiary/aromatic N) is 2.